The van der Waals surface area contributed by atoms with Gasteiger partial charge in [0.2, 0.25) is 0 Å². The standard InChI is InChI=1S/C17H24ClNO2/c1-2-21-17(20)7-4-10-19-11-8-14(9-12-19)15-5-3-6-16(18)13-15/h3,5-6,13-14H,2,4,7-12H2,1H3. The van der Waals surface area contributed by atoms with Gasteiger partial charge in [-0.3, -0.25) is 4.79 Å². The van der Waals surface area contributed by atoms with Crippen LogP contribution in [-0.4, -0.2) is 37.1 Å². The SMILES string of the molecule is CCOC(=O)CCCN1CCC(c2cccc(Cl)c2)CC1. The fourth-order valence-corrected chi connectivity index (χ4v) is 3.13. The first-order chi connectivity index (χ1) is 10.2. The lowest BCUT2D eigenvalue weighted by Crippen LogP contribution is -2.33. The fourth-order valence-electron chi connectivity index (χ4n) is 2.93. The number of benzene rings is 1. The Bertz CT molecular complexity index is 456. The number of nitrogens with zero attached hydrogens (tertiary/aromatic N) is 1. The minimum absolute atomic E-state index is 0.0775. The van der Waals surface area contributed by atoms with Crippen LogP contribution >= 0.6 is 11.6 Å². The third kappa shape index (κ3) is 5.33. The molecule has 4 heteroatoms. The number of piperidine rings is 1. The molecule has 1 aliphatic heterocycles. The zero-order valence-corrected chi connectivity index (χ0v) is 13.4. The molecule has 0 amide bonds. The Hall–Kier alpha value is -1.06. The zero-order valence-electron chi connectivity index (χ0n) is 12.7. The second-order valence-corrected chi connectivity index (χ2v) is 6.02. The normalized spacial score (nSPS) is 16.9. The van der Waals surface area contributed by atoms with Gasteiger partial charge >= 0.3 is 5.97 Å². The van der Waals surface area contributed by atoms with Crippen molar-refractivity contribution < 1.29 is 9.53 Å². The molecule has 116 valence electrons. The van der Waals surface area contributed by atoms with E-state index < -0.39 is 0 Å². The van der Waals surface area contributed by atoms with Crippen molar-refractivity contribution in [3.05, 3.63) is 34.9 Å². The number of carbonyl (C=O) groups excluding carboxylic acids is 1. The Morgan fingerprint density at radius 3 is 2.81 bits per heavy atom. The summed E-state index contributed by atoms with van der Waals surface area (Å²) in [7, 11) is 0. The molecule has 0 radical (unpaired) electrons. The van der Waals surface area contributed by atoms with Gasteiger partial charge in [-0.25, -0.2) is 0 Å². The second-order valence-electron chi connectivity index (χ2n) is 5.58. The summed E-state index contributed by atoms with van der Waals surface area (Å²) in [5.74, 6) is 0.538. The molecule has 0 bridgehead atoms. The molecule has 0 N–H and O–H groups in total. The maximum Gasteiger partial charge on any atom is 0.305 e. The highest BCUT2D eigenvalue weighted by atomic mass is 35.5. The summed E-state index contributed by atoms with van der Waals surface area (Å²) < 4.78 is 4.95. The molecule has 1 heterocycles. The van der Waals surface area contributed by atoms with Crippen LogP contribution in [0.5, 0.6) is 0 Å². The van der Waals surface area contributed by atoms with Gasteiger partial charge < -0.3 is 9.64 Å². The molecule has 0 aromatic heterocycles. The van der Waals surface area contributed by atoms with E-state index in [1.54, 1.807) is 0 Å². The molecule has 0 spiro atoms. The van der Waals surface area contributed by atoms with Crippen LogP contribution in [0, 0.1) is 0 Å². The average molecular weight is 310 g/mol. The number of esters is 1. The minimum Gasteiger partial charge on any atom is -0.466 e. The predicted molar refractivity (Wildman–Crippen MR) is 85.7 cm³/mol. The van der Waals surface area contributed by atoms with Crippen molar-refractivity contribution in [3.63, 3.8) is 0 Å². The summed E-state index contributed by atoms with van der Waals surface area (Å²) in [6, 6.07) is 8.22. The number of hydrogen-bond donors (Lipinski definition) is 0. The third-order valence-electron chi connectivity index (χ3n) is 4.07. The first kappa shape index (κ1) is 16.3. The Morgan fingerprint density at radius 1 is 1.38 bits per heavy atom. The molecule has 2 rings (SSSR count). The molecule has 1 aliphatic rings. The van der Waals surface area contributed by atoms with Gasteiger partial charge in [0.05, 0.1) is 6.61 Å². The quantitative estimate of drug-likeness (QED) is 0.747. The van der Waals surface area contributed by atoms with E-state index in [0.717, 1.165) is 31.1 Å². The first-order valence-corrected chi connectivity index (χ1v) is 8.20. The molecule has 1 aromatic rings. The van der Waals surface area contributed by atoms with Crippen molar-refractivity contribution in [2.45, 2.75) is 38.5 Å². The van der Waals surface area contributed by atoms with Crippen molar-refractivity contribution in [2.24, 2.45) is 0 Å². The van der Waals surface area contributed by atoms with Gasteiger partial charge in [-0.05, 0) is 69.4 Å². The maximum absolute atomic E-state index is 11.3. The number of carbonyl (C=O) groups is 1. The molecule has 1 aromatic carbocycles. The molecule has 0 atom stereocenters. The largest absolute Gasteiger partial charge is 0.466 e. The highest BCUT2D eigenvalue weighted by molar-refractivity contribution is 6.30. The van der Waals surface area contributed by atoms with Crippen LogP contribution in [-0.2, 0) is 9.53 Å². The maximum atomic E-state index is 11.3. The van der Waals surface area contributed by atoms with Crippen molar-refractivity contribution in [2.75, 3.05) is 26.2 Å². The van der Waals surface area contributed by atoms with E-state index in [4.69, 9.17) is 16.3 Å². The van der Waals surface area contributed by atoms with Gasteiger partial charge in [0.15, 0.2) is 0 Å². The van der Waals surface area contributed by atoms with E-state index in [1.165, 1.54) is 18.4 Å². The van der Waals surface area contributed by atoms with E-state index >= 15 is 0 Å². The van der Waals surface area contributed by atoms with E-state index in [0.29, 0.717) is 18.9 Å². The monoisotopic (exact) mass is 309 g/mol. The van der Waals surface area contributed by atoms with Gasteiger partial charge in [-0.1, -0.05) is 23.7 Å². The smallest absolute Gasteiger partial charge is 0.305 e. The first-order valence-electron chi connectivity index (χ1n) is 7.82. The van der Waals surface area contributed by atoms with Crippen LogP contribution in [0.3, 0.4) is 0 Å². The van der Waals surface area contributed by atoms with Crippen molar-refractivity contribution in [3.8, 4) is 0 Å². The lowest BCUT2D eigenvalue weighted by atomic mass is 9.89. The summed E-state index contributed by atoms with van der Waals surface area (Å²) in [4.78, 5) is 13.7. The predicted octanol–water partition coefficient (Wildman–Crippen LogP) is 3.86. The summed E-state index contributed by atoms with van der Waals surface area (Å²) >= 11 is 6.06. The molecular weight excluding hydrogens is 286 g/mol. The van der Waals surface area contributed by atoms with Crippen LogP contribution in [0.4, 0.5) is 0 Å². The Balaban J connectivity index is 1.70. The van der Waals surface area contributed by atoms with E-state index in [-0.39, 0.29) is 5.97 Å². The summed E-state index contributed by atoms with van der Waals surface area (Å²) in [6.07, 6.45) is 3.75. The summed E-state index contributed by atoms with van der Waals surface area (Å²) in [6.45, 7) is 5.50. The lowest BCUT2D eigenvalue weighted by molar-refractivity contribution is -0.143. The average Bonchev–Trinajstić information content (AvgIpc) is 2.48. The van der Waals surface area contributed by atoms with E-state index in [1.807, 2.05) is 19.1 Å². The zero-order chi connectivity index (χ0) is 15.1. The van der Waals surface area contributed by atoms with Crippen LogP contribution in [0.25, 0.3) is 0 Å². The van der Waals surface area contributed by atoms with Gasteiger partial charge in [-0.2, -0.15) is 0 Å². The van der Waals surface area contributed by atoms with Crippen molar-refractivity contribution in [1.29, 1.82) is 0 Å². The van der Waals surface area contributed by atoms with Crippen molar-refractivity contribution in [1.82, 2.24) is 4.90 Å². The van der Waals surface area contributed by atoms with Crippen LogP contribution in [0.2, 0.25) is 5.02 Å². The molecule has 1 saturated heterocycles. The van der Waals surface area contributed by atoms with E-state index in [2.05, 4.69) is 17.0 Å². The molecule has 21 heavy (non-hydrogen) atoms. The fraction of sp³-hybridized carbons (Fsp3) is 0.588. The number of ether oxygens (including phenoxy) is 1. The number of halogens is 1. The summed E-state index contributed by atoms with van der Waals surface area (Å²) in [5.41, 5.74) is 1.36. The molecule has 0 aliphatic carbocycles. The van der Waals surface area contributed by atoms with Crippen LogP contribution < -0.4 is 0 Å². The Morgan fingerprint density at radius 2 is 2.14 bits per heavy atom. The third-order valence-corrected chi connectivity index (χ3v) is 4.30. The van der Waals surface area contributed by atoms with Gasteiger partial charge in [0.25, 0.3) is 0 Å². The highest BCUT2D eigenvalue weighted by Gasteiger charge is 2.20. The van der Waals surface area contributed by atoms with Gasteiger partial charge in [-0.15, -0.1) is 0 Å². The molecule has 1 fully saturated rings. The second kappa shape index (κ2) is 8.40. The number of rotatable bonds is 6. The Labute approximate surface area is 132 Å². The topological polar surface area (TPSA) is 29.5 Å². The lowest BCUT2D eigenvalue weighted by Gasteiger charge is -2.32. The molecule has 0 unspecified atom stereocenters. The molecule has 0 saturated carbocycles. The van der Waals surface area contributed by atoms with Crippen LogP contribution in [0.1, 0.15) is 44.1 Å². The molecular formula is C17H24ClNO2. The van der Waals surface area contributed by atoms with Crippen molar-refractivity contribution >= 4 is 17.6 Å². The van der Waals surface area contributed by atoms with Gasteiger partial charge in [0.1, 0.15) is 0 Å². The molecule has 3 nitrogen and oxygen atoms in total. The van der Waals surface area contributed by atoms with Gasteiger partial charge in [0, 0.05) is 11.4 Å². The number of likely N-dealkylation sites (tertiary alicyclic amines) is 1. The minimum atomic E-state index is -0.0775. The van der Waals surface area contributed by atoms with E-state index in [9.17, 15) is 4.79 Å². The Kier molecular flexibility index (Phi) is 6.52. The van der Waals surface area contributed by atoms with Crippen LogP contribution in [0.15, 0.2) is 24.3 Å². The summed E-state index contributed by atoms with van der Waals surface area (Å²) in [5, 5.41) is 0.823. The highest BCUT2D eigenvalue weighted by Crippen LogP contribution is 2.29. The number of hydrogen-bond acceptors (Lipinski definition) is 3.